The van der Waals surface area contributed by atoms with E-state index in [0.29, 0.717) is 11.3 Å². The van der Waals surface area contributed by atoms with Gasteiger partial charge in [0, 0.05) is 12.1 Å². The fourth-order valence-electron chi connectivity index (χ4n) is 4.08. The molecule has 0 radical (unpaired) electrons. The third kappa shape index (κ3) is 4.32. The lowest BCUT2D eigenvalue weighted by atomic mass is 9.91. The third-order valence-corrected chi connectivity index (χ3v) is 5.82. The Bertz CT molecular complexity index is 966. The van der Waals surface area contributed by atoms with Crippen molar-refractivity contribution in [2.45, 2.75) is 49.0 Å². The quantitative estimate of drug-likeness (QED) is 0.291. The van der Waals surface area contributed by atoms with Crippen molar-refractivity contribution in [3.8, 4) is 23.0 Å². The van der Waals surface area contributed by atoms with Gasteiger partial charge in [-0.1, -0.05) is 12.1 Å². The van der Waals surface area contributed by atoms with Crippen LogP contribution in [0.25, 0.3) is 0 Å². The molecule has 0 amide bonds. The number of hydrogen-bond acceptors (Lipinski definition) is 11. The molecule has 8 atom stereocenters. The Morgan fingerprint density at radius 3 is 2.36 bits per heavy atom. The SMILES string of the molecule is COc1ccc([C@@H]2Oc3cc(O)cc(O)c3[C@@H](O)[C@H]2O[C@H]2O[C@@H]([C@H](O)CO)[C@@H](O)[C@@H]2O)cc1. The first-order valence-corrected chi connectivity index (χ1v) is 10.3. The predicted octanol–water partition coefficient (Wildman–Crippen LogP) is -0.541. The highest BCUT2D eigenvalue weighted by Gasteiger charge is 2.50. The van der Waals surface area contributed by atoms with Gasteiger partial charge in [0.15, 0.2) is 12.4 Å². The van der Waals surface area contributed by atoms with E-state index < -0.39 is 61.4 Å². The van der Waals surface area contributed by atoms with E-state index in [1.165, 1.54) is 13.2 Å². The van der Waals surface area contributed by atoms with Gasteiger partial charge < -0.3 is 54.7 Å². The van der Waals surface area contributed by atoms with Crippen LogP contribution in [-0.4, -0.2) is 86.3 Å². The average molecular weight is 466 g/mol. The normalized spacial score (nSPS) is 32.1. The van der Waals surface area contributed by atoms with Gasteiger partial charge in [-0.25, -0.2) is 0 Å². The third-order valence-electron chi connectivity index (χ3n) is 5.82. The summed E-state index contributed by atoms with van der Waals surface area (Å²) in [7, 11) is 1.50. The fourth-order valence-corrected chi connectivity index (χ4v) is 4.08. The molecule has 0 aromatic heterocycles. The number of phenolic OH excluding ortho intramolecular Hbond substituents is 2. The van der Waals surface area contributed by atoms with Crippen LogP contribution >= 0.6 is 0 Å². The van der Waals surface area contributed by atoms with Crippen molar-refractivity contribution in [3.63, 3.8) is 0 Å². The van der Waals surface area contributed by atoms with Crippen molar-refractivity contribution >= 4 is 0 Å². The molecule has 11 heteroatoms. The van der Waals surface area contributed by atoms with Gasteiger partial charge in [0.1, 0.15) is 59.6 Å². The molecular formula is C22H26O11. The molecule has 33 heavy (non-hydrogen) atoms. The number of aliphatic hydroxyl groups is 5. The van der Waals surface area contributed by atoms with E-state index in [1.807, 2.05) is 0 Å². The Balaban J connectivity index is 1.69. The molecule has 2 aliphatic rings. The number of phenols is 2. The van der Waals surface area contributed by atoms with Crippen molar-refractivity contribution < 1.29 is 54.7 Å². The predicted molar refractivity (Wildman–Crippen MR) is 110 cm³/mol. The number of fused-ring (bicyclic) bond motifs is 1. The summed E-state index contributed by atoms with van der Waals surface area (Å²) < 4.78 is 22.4. The van der Waals surface area contributed by atoms with Crippen molar-refractivity contribution in [1.29, 1.82) is 0 Å². The number of rotatable bonds is 6. The van der Waals surface area contributed by atoms with E-state index in [0.717, 1.165) is 6.07 Å². The Kier molecular flexibility index (Phi) is 6.64. The summed E-state index contributed by atoms with van der Waals surface area (Å²) in [5, 5.41) is 70.8. The second kappa shape index (κ2) is 9.31. The van der Waals surface area contributed by atoms with Crippen LogP contribution in [0.2, 0.25) is 0 Å². The summed E-state index contributed by atoms with van der Waals surface area (Å²) in [5.41, 5.74) is 0.496. The summed E-state index contributed by atoms with van der Waals surface area (Å²) in [4.78, 5) is 0. The number of aliphatic hydroxyl groups excluding tert-OH is 5. The summed E-state index contributed by atoms with van der Waals surface area (Å²) in [6.45, 7) is -0.713. The van der Waals surface area contributed by atoms with Gasteiger partial charge in [0.25, 0.3) is 0 Å². The van der Waals surface area contributed by atoms with Gasteiger partial charge in [0.05, 0.1) is 19.3 Å². The van der Waals surface area contributed by atoms with Gasteiger partial charge in [-0.3, -0.25) is 0 Å². The van der Waals surface area contributed by atoms with Crippen LogP contribution in [0.3, 0.4) is 0 Å². The number of aromatic hydroxyl groups is 2. The zero-order chi connectivity index (χ0) is 23.9. The van der Waals surface area contributed by atoms with Crippen LogP contribution in [0, 0.1) is 0 Å². The second-order valence-corrected chi connectivity index (χ2v) is 7.93. The molecule has 2 aromatic carbocycles. The largest absolute Gasteiger partial charge is 0.508 e. The molecule has 11 nitrogen and oxygen atoms in total. The van der Waals surface area contributed by atoms with Crippen molar-refractivity contribution in [2.24, 2.45) is 0 Å². The summed E-state index contributed by atoms with van der Waals surface area (Å²) >= 11 is 0. The lowest BCUT2D eigenvalue weighted by molar-refractivity contribution is -0.239. The zero-order valence-electron chi connectivity index (χ0n) is 17.6. The molecule has 180 valence electrons. The first kappa shape index (κ1) is 23.5. The van der Waals surface area contributed by atoms with E-state index >= 15 is 0 Å². The maximum absolute atomic E-state index is 11.1. The first-order chi connectivity index (χ1) is 15.7. The Morgan fingerprint density at radius 1 is 1.03 bits per heavy atom. The maximum atomic E-state index is 11.1. The number of methoxy groups -OCH3 is 1. The van der Waals surface area contributed by atoms with Gasteiger partial charge in [-0.2, -0.15) is 0 Å². The number of ether oxygens (including phenoxy) is 4. The van der Waals surface area contributed by atoms with Crippen molar-refractivity contribution in [3.05, 3.63) is 47.5 Å². The lowest BCUT2D eigenvalue weighted by Crippen LogP contribution is -2.43. The second-order valence-electron chi connectivity index (χ2n) is 7.93. The molecular weight excluding hydrogens is 440 g/mol. The van der Waals surface area contributed by atoms with Gasteiger partial charge in [0.2, 0.25) is 0 Å². The zero-order valence-corrected chi connectivity index (χ0v) is 17.6. The molecule has 0 bridgehead atoms. The van der Waals surface area contributed by atoms with Crippen molar-refractivity contribution in [2.75, 3.05) is 13.7 Å². The van der Waals surface area contributed by atoms with Crippen LogP contribution in [-0.2, 0) is 9.47 Å². The van der Waals surface area contributed by atoms with E-state index in [-0.39, 0.29) is 17.1 Å². The van der Waals surface area contributed by atoms with E-state index in [2.05, 4.69) is 0 Å². The maximum Gasteiger partial charge on any atom is 0.187 e. The standard InChI is InChI=1S/C22H26O11/c1-30-11-4-2-9(3-5-11)19-21(16(27)15-12(25)6-10(24)7-14(15)31-19)33-22-18(29)17(28)20(32-22)13(26)8-23/h2-7,13,16-29H,8H2,1H3/t13-,16-,17+,18+,19+,20+,21-,22-/m1/s1. The smallest absolute Gasteiger partial charge is 0.187 e. The van der Waals surface area contributed by atoms with Crippen molar-refractivity contribution in [1.82, 2.24) is 0 Å². The minimum atomic E-state index is -1.60. The minimum Gasteiger partial charge on any atom is -0.508 e. The molecule has 1 fully saturated rings. The lowest BCUT2D eigenvalue weighted by Gasteiger charge is -2.39. The molecule has 0 saturated carbocycles. The van der Waals surface area contributed by atoms with E-state index in [4.69, 9.17) is 24.1 Å². The van der Waals surface area contributed by atoms with Crippen LogP contribution in [0.4, 0.5) is 0 Å². The molecule has 0 aliphatic carbocycles. The Morgan fingerprint density at radius 2 is 1.73 bits per heavy atom. The van der Waals surface area contributed by atoms with Gasteiger partial charge >= 0.3 is 0 Å². The summed E-state index contributed by atoms with van der Waals surface area (Å²) in [5.74, 6) is -0.102. The molecule has 0 unspecified atom stereocenters. The van der Waals surface area contributed by atoms with Crippen LogP contribution in [0.1, 0.15) is 23.3 Å². The average Bonchev–Trinajstić information content (AvgIpc) is 3.08. The molecule has 4 rings (SSSR count). The highest BCUT2D eigenvalue weighted by atomic mass is 16.7. The first-order valence-electron chi connectivity index (χ1n) is 10.3. The molecule has 2 heterocycles. The monoisotopic (exact) mass is 466 g/mol. The fraction of sp³-hybridized carbons (Fsp3) is 0.455. The highest BCUT2D eigenvalue weighted by Crippen LogP contribution is 2.48. The van der Waals surface area contributed by atoms with E-state index in [1.54, 1.807) is 24.3 Å². The highest BCUT2D eigenvalue weighted by molar-refractivity contribution is 5.53. The Hall–Kier alpha value is -2.64. The Labute approximate surface area is 188 Å². The van der Waals surface area contributed by atoms with Crippen LogP contribution < -0.4 is 9.47 Å². The molecule has 7 N–H and O–H groups in total. The van der Waals surface area contributed by atoms with Gasteiger partial charge in [-0.05, 0) is 17.7 Å². The van der Waals surface area contributed by atoms with Crippen LogP contribution in [0.15, 0.2) is 36.4 Å². The topological polar surface area (TPSA) is 179 Å². The molecule has 2 aliphatic heterocycles. The molecule has 1 saturated heterocycles. The van der Waals surface area contributed by atoms with Gasteiger partial charge in [-0.15, -0.1) is 0 Å². The number of benzene rings is 2. The molecule has 0 spiro atoms. The van der Waals surface area contributed by atoms with Crippen LogP contribution in [0.5, 0.6) is 23.0 Å². The summed E-state index contributed by atoms with van der Waals surface area (Å²) in [6, 6.07) is 8.93. The molecule has 2 aromatic rings. The summed E-state index contributed by atoms with van der Waals surface area (Å²) in [6.07, 6.45) is -11.2. The van der Waals surface area contributed by atoms with E-state index in [9.17, 15) is 30.6 Å². The number of hydrogen-bond donors (Lipinski definition) is 7. The minimum absolute atomic E-state index is 0.0298.